The largest absolute Gasteiger partial charge is 0.482 e. The zero-order valence-corrected chi connectivity index (χ0v) is 17.2. The van der Waals surface area contributed by atoms with Gasteiger partial charge >= 0.3 is 0 Å². The summed E-state index contributed by atoms with van der Waals surface area (Å²) in [6.07, 6.45) is 3.72. The van der Waals surface area contributed by atoms with Crippen molar-refractivity contribution in [3.05, 3.63) is 81.5 Å². The fourth-order valence-corrected chi connectivity index (χ4v) is 3.28. The zero-order valence-electron chi connectivity index (χ0n) is 14.8. The molecule has 0 aliphatic rings. The van der Waals surface area contributed by atoms with E-state index in [0.717, 1.165) is 10.0 Å². The number of ether oxygens (including phenoxy) is 1. The second-order valence-electron chi connectivity index (χ2n) is 6.14. The molecule has 0 fully saturated rings. The molecular formula is C20H19BrClN3O2. The molecule has 3 aromatic rings. The van der Waals surface area contributed by atoms with E-state index < -0.39 is 0 Å². The molecule has 0 saturated heterocycles. The van der Waals surface area contributed by atoms with Gasteiger partial charge in [-0.25, -0.2) is 0 Å². The maximum atomic E-state index is 12.3. The number of carbonyl (C=O) groups is 1. The Morgan fingerprint density at radius 1 is 1.22 bits per heavy atom. The summed E-state index contributed by atoms with van der Waals surface area (Å²) in [4.78, 5) is 13.9. The molecule has 1 aromatic heterocycles. The highest BCUT2D eigenvalue weighted by Gasteiger charge is 2.13. The van der Waals surface area contributed by atoms with E-state index in [-0.39, 0.29) is 12.5 Å². The van der Waals surface area contributed by atoms with Gasteiger partial charge in [-0.15, -0.1) is 0 Å². The Hall–Kier alpha value is -2.31. The second-order valence-corrected chi connectivity index (χ2v) is 7.47. The average molecular weight is 449 g/mol. The van der Waals surface area contributed by atoms with Crippen LogP contribution in [0.15, 0.2) is 65.4 Å². The van der Waals surface area contributed by atoms with Gasteiger partial charge in [-0.3, -0.25) is 9.48 Å². The summed E-state index contributed by atoms with van der Waals surface area (Å²) < 4.78 is 8.25. The number of likely N-dealkylation sites (N-methyl/N-ethyl adjacent to an activating group) is 1. The molecule has 1 amide bonds. The van der Waals surface area contributed by atoms with Crippen molar-refractivity contribution < 1.29 is 9.53 Å². The predicted molar refractivity (Wildman–Crippen MR) is 109 cm³/mol. The van der Waals surface area contributed by atoms with E-state index >= 15 is 0 Å². The van der Waals surface area contributed by atoms with Gasteiger partial charge in [0.05, 0.1) is 17.8 Å². The van der Waals surface area contributed by atoms with Crippen LogP contribution in [-0.2, 0) is 17.9 Å². The molecule has 2 aromatic carbocycles. The van der Waals surface area contributed by atoms with Crippen LogP contribution in [0.5, 0.6) is 5.75 Å². The lowest BCUT2D eigenvalue weighted by molar-refractivity contribution is -0.132. The molecule has 27 heavy (non-hydrogen) atoms. The highest BCUT2D eigenvalue weighted by atomic mass is 79.9. The quantitative estimate of drug-likeness (QED) is 0.539. The Balaban J connectivity index is 1.52. The van der Waals surface area contributed by atoms with Crippen LogP contribution in [0.3, 0.4) is 0 Å². The number of hydrogen-bond donors (Lipinski definition) is 0. The van der Waals surface area contributed by atoms with Gasteiger partial charge < -0.3 is 9.64 Å². The standard InChI is InChI=1S/C20H19BrClN3O2/c1-24(20(26)14-27-19-8-7-17(21)9-18(19)22)11-16-10-23-25(13-16)12-15-5-3-2-4-6-15/h2-10,13H,11-12,14H2,1H3. The van der Waals surface area contributed by atoms with Gasteiger partial charge in [0, 0.05) is 29.8 Å². The van der Waals surface area contributed by atoms with Gasteiger partial charge in [-0.1, -0.05) is 57.9 Å². The third kappa shape index (κ3) is 5.58. The van der Waals surface area contributed by atoms with E-state index in [1.807, 2.05) is 35.1 Å². The number of rotatable bonds is 7. The van der Waals surface area contributed by atoms with Crippen LogP contribution in [0.25, 0.3) is 0 Å². The number of benzene rings is 2. The summed E-state index contributed by atoms with van der Waals surface area (Å²) >= 11 is 9.44. The van der Waals surface area contributed by atoms with Crippen LogP contribution in [-0.4, -0.2) is 34.2 Å². The van der Waals surface area contributed by atoms with E-state index in [1.165, 1.54) is 5.56 Å². The van der Waals surface area contributed by atoms with Crippen molar-refractivity contribution in [3.8, 4) is 5.75 Å². The van der Waals surface area contributed by atoms with Crippen LogP contribution in [0.1, 0.15) is 11.1 Å². The number of halogens is 2. The van der Waals surface area contributed by atoms with Gasteiger partial charge in [0.25, 0.3) is 5.91 Å². The third-order valence-corrected chi connectivity index (χ3v) is 4.75. The number of amides is 1. The SMILES string of the molecule is CN(Cc1cnn(Cc2ccccc2)c1)C(=O)COc1ccc(Br)cc1Cl. The minimum atomic E-state index is -0.134. The predicted octanol–water partition coefficient (Wildman–Crippen LogP) is 4.38. The first kappa shape index (κ1) is 19.5. The molecule has 0 aliphatic heterocycles. The minimum Gasteiger partial charge on any atom is -0.482 e. The summed E-state index contributed by atoms with van der Waals surface area (Å²) in [7, 11) is 1.74. The molecule has 5 nitrogen and oxygen atoms in total. The van der Waals surface area contributed by atoms with E-state index in [0.29, 0.717) is 23.9 Å². The summed E-state index contributed by atoms with van der Waals surface area (Å²) in [5.41, 5.74) is 2.14. The Bertz CT molecular complexity index is 915. The van der Waals surface area contributed by atoms with Crippen molar-refractivity contribution in [2.24, 2.45) is 0 Å². The molecule has 0 saturated carbocycles. The average Bonchev–Trinajstić information content (AvgIpc) is 3.08. The first-order valence-electron chi connectivity index (χ1n) is 8.38. The number of carbonyl (C=O) groups excluding carboxylic acids is 1. The lowest BCUT2D eigenvalue weighted by Crippen LogP contribution is -2.30. The van der Waals surface area contributed by atoms with Crippen molar-refractivity contribution in [3.63, 3.8) is 0 Å². The fraction of sp³-hybridized carbons (Fsp3) is 0.200. The molecule has 140 valence electrons. The van der Waals surface area contributed by atoms with E-state index in [2.05, 4.69) is 33.2 Å². The lowest BCUT2D eigenvalue weighted by Gasteiger charge is -2.17. The van der Waals surface area contributed by atoms with Gasteiger partial charge in [-0.05, 0) is 23.8 Å². The lowest BCUT2D eigenvalue weighted by atomic mass is 10.2. The van der Waals surface area contributed by atoms with Gasteiger partial charge in [0.2, 0.25) is 0 Å². The topological polar surface area (TPSA) is 47.4 Å². The highest BCUT2D eigenvalue weighted by Crippen LogP contribution is 2.27. The molecule has 7 heteroatoms. The van der Waals surface area contributed by atoms with Gasteiger partial charge in [0.15, 0.2) is 6.61 Å². The molecule has 0 aliphatic carbocycles. The molecule has 0 spiro atoms. The second kappa shape index (κ2) is 9.06. The third-order valence-electron chi connectivity index (χ3n) is 3.96. The van der Waals surface area contributed by atoms with Crippen LogP contribution in [0, 0.1) is 0 Å². The Labute approximate surface area is 171 Å². The van der Waals surface area contributed by atoms with E-state index in [4.69, 9.17) is 16.3 Å². The number of hydrogen-bond acceptors (Lipinski definition) is 3. The minimum absolute atomic E-state index is 0.0734. The van der Waals surface area contributed by atoms with Crippen LogP contribution < -0.4 is 4.74 Å². The smallest absolute Gasteiger partial charge is 0.260 e. The summed E-state index contributed by atoms with van der Waals surface area (Å²) in [5.74, 6) is 0.349. The highest BCUT2D eigenvalue weighted by molar-refractivity contribution is 9.10. The number of nitrogens with zero attached hydrogens (tertiary/aromatic N) is 3. The monoisotopic (exact) mass is 447 g/mol. The normalized spacial score (nSPS) is 10.6. The Morgan fingerprint density at radius 3 is 2.74 bits per heavy atom. The Morgan fingerprint density at radius 2 is 2.00 bits per heavy atom. The molecule has 1 heterocycles. The van der Waals surface area contributed by atoms with Crippen LogP contribution >= 0.6 is 27.5 Å². The van der Waals surface area contributed by atoms with E-state index in [9.17, 15) is 4.79 Å². The van der Waals surface area contributed by atoms with Gasteiger partial charge in [-0.2, -0.15) is 5.10 Å². The molecule has 0 N–H and O–H groups in total. The van der Waals surface area contributed by atoms with Crippen molar-refractivity contribution in [2.75, 3.05) is 13.7 Å². The maximum absolute atomic E-state index is 12.3. The molecule has 0 radical (unpaired) electrons. The van der Waals surface area contributed by atoms with Crippen LogP contribution in [0.4, 0.5) is 0 Å². The van der Waals surface area contributed by atoms with E-state index in [1.54, 1.807) is 30.3 Å². The molecule has 0 unspecified atom stereocenters. The van der Waals surface area contributed by atoms with Crippen LogP contribution in [0.2, 0.25) is 5.02 Å². The summed E-state index contributed by atoms with van der Waals surface area (Å²) in [5, 5.41) is 4.82. The maximum Gasteiger partial charge on any atom is 0.260 e. The molecule has 3 rings (SSSR count). The summed E-state index contributed by atoms with van der Waals surface area (Å²) in [6, 6.07) is 15.4. The summed E-state index contributed by atoms with van der Waals surface area (Å²) in [6.45, 7) is 1.09. The first-order valence-corrected chi connectivity index (χ1v) is 9.55. The van der Waals surface area contributed by atoms with Crippen molar-refractivity contribution in [1.29, 1.82) is 0 Å². The Kier molecular flexibility index (Phi) is 6.53. The first-order chi connectivity index (χ1) is 13.0. The molecule has 0 bridgehead atoms. The van der Waals surface area contributed by atoms with Gasteiger partial charge in [0.1, 0.15) is 5.75 Å². The van der Waals surface area contributed by atoms with Crippen molar-refractivity contribution in [1.82, 2.24) is 14.7 Å². The molecular weight excluding hydrogens is 430 g/mol. The van der Waals surface area contributed by atoms with Crippen molar-refractivity contribution in [2.45, 2.75) is 13.1 Å². The number of aromatic nitrogens is 2. The molecule has 0 atom stereocenters. The fourth-order valence-electron chi connectivity index (χ4n) is 2.55. The van der Waals surface area contributed by atoms with Crippen molar-refractivity contribution >= 4 is 33.4 Å². The zero-order chi connectivity index (χ0) is 19.2.